The zero-order valence-corrected chi connectivity index (χ0v) is 16.8. The number of aromatic amines is 1. The fourth-order valence-electron chi connectivity index (χ4n) is 3.50. The van der Waals surface area contributed by atoms with E-state index in [-0.39, 0.29) is 18.0 Å². The van der Waals surface area contributed by atoms with Crippen LogP contribution in [-0.4, -0.2) is 24.7 Å². The molecule has 6 nitrogen and oxygen atoms in total. The maximum absolute atomic E-state index is 13.4. The van der Waals surface area contributed by atoms with Crippen molar-refractivity contribution in [3.8, 4) is 11.3 Å². The largest absolute Gasteiger partial charge is 0.308 e. The van der Waals surface area contributed by atoms with Gasteiger partial charge in [-0.3, -0.25) is 14.5 Å². The van der Waals surface area contributed by atoms with Crippen molar-refractivity contribution in [2.75, 3.05) is 0 Å². The number of hydrogen-bond donors (Lipinski definition) is 1. The molecule has 9 heteroatoms. The summed E-state index contributed by atoms with van der Waals surface area (Å²) in [6, 6.07) is 7.08. The molecular formula is C21H18ClF2N5O. The fourth-order valence-corrected chi connectivity index (χ4v) is 3.50. The number of aromatic nitrogens is 5. The van der Waals surface area contributed by atoms with Gasteiger partial charge in [0.05, 0.1) is 17.4 Å². The van der Waals surface area contributed by atoms with Crippen molar-refractivity contribution in [1.29, 1.82) is 0 Å². The van der Waals surface area contributed by atoms with E-state index >= 15 is 0 Å². The second-order valence-electron chi connectivity index (χ2n) is 7.36. The first-order valence-electron chi connectivity index (χ1n) is 9.37. The van der Waals surface area contributed by atoms with Crippen molar-refractivity contribution in [3.63, 3.8) is 0 Å². The minimum Gasteiger partial charge on any atom is -0.308 e. The van der Waals surface area contributed by atoms with Crippen molar-refractivity contribution in [2.45, 2.75) is 32.2 Å². The predicted octanol–water partition coefficient (Wildman–Crippen LogP) is 4.12. The van der Waals surface area contributed by atoms with Crippen molar-refractivity contribution in [2.24, 2.45) is 0 Å². The molecule has 0 saturated heterocycles. The molecular weight excluding hydrogens is 412 g/mol. The highest BCUT2D eigenvalue weighted by Crippen LogP contribution is 2.36. The second kappa shape index (κ2) is 7.60. The summed E-state index contributed by atoms with van der Waals surface area (Å²) >= 11 is 0. The van der Waals surface area contributed by atoms with Crippen LogP contribution in [0.15, 0.2) is 41.3 Å². The van der Waals surface area contributed by atoms with Gasteiger partial charge in [0.25, 0.3) is 5.56 Å². The standard InChI is InChI=1S/C21H17F2N5O.ClH/c1-11-19-20(28(27-11)16-3-4-16)21(29)26-18(25-19)6-12-2-5-17(24-10-12)13-7-14(22)9-15(23)8-13;/h2,5,7-10,16H,3-4,6H2,1H3,(H,25,26,29);1H. The maximum atomic E-state index is 13.4. The number of nitrogens with one attached hydrogen (secondary N) is 1. The first-order chi connectivity index (χ1) is 14.0. The lowest BCUT2D eigenvalue weighted by Crippen LogP contribution is -2.15. The lowest BCUT2D eigenvalue weighted by atomic mass is 10.1. The molecule has 0 amide bonds. The van der Waals surface area contributed by atoms with Crippen LogP contribution in [0.4, 0.5) is 8.78 Å². The summed E-state index contributed by atoms with van der Waals surface area (Å²) in [4.78, 5) is 24.4. The van der Waals surface area contributed by atoms with Gasteiger partial charge in [-0.25, -0.2) is 13.8 Å². The molecule has 3 aromatic heterocycles. The number of aryl methyl sites for hydroxylation is 1. The smallest absolute Gasteiger partial charge is 0.277 e. The third kappa shape index (κ3) is 3.70. The number of benzene rings is 1. The summed E-state index contributed by atoms with van der Waals surface area (Å²) in [7, 11) is 0. The molecule has 5 rings (SSSR count). The number of hydrogen-bond acceptors (Lipinski definition) is 4. The minimum atomic E-state index is -0.650. The van der Waals surface area contributed by atoms with Crippen molar-refractivity contribution < 1.29 is 8.78 Å². The summed E-state index contributed by atoms with van der Waals surface area (Å²) in [6.45, 7) is 1.85. The Hall–Kier alpha value is -3.13. The lowest BCUT2D eigenvalue weighted by Gasteiger charge is -2.05. The Labute approximate surface area is 176 Å². The normalized spacial score (nSPS) is 13.4. The monoisotopic (exact) mass is 429 g/mol. The van der Waals surface area contributed by atoms with Gasteiger partial charge in [-0.1, -0.05) is 6.07 Å². The van der Waals surface area contributed by atoms with Crippen LogP contribution in [0.25, 0.3) is 22.3 Å². The van der Waals surface area contributed by atoms with E-state index in [0.717, 1.165) is 30.2 Å². The first kappa shape index (κ1) is 20.2. The van der Waals surface area contributed by atoms with Crippen LogP contribution >= 0.6 is 12.4 Å². The van der Waals surface area contributed by atoms with Gasteiger partial charge in [-0.15, -0.1) is 12.4 Å². The molecule has 4 aromatic rings. The first-order valence-corrected chi connectivity index (χ1v) is 9.37. The highest BCUT2D eigenvalue weighted by molar-refractivity contribution is 5.85. The minimum absolute atomic E-state index is 0. The number of H-pyrrole nitrogens is 1. The lowest BCUT2D eigenvalue weighted by molar-refractivity contribution is 0.584. The van der Waals surface area contributed by atoms with E-state index in [2.05, 4.69) is 20.1 Å². The third-order valence-corrected chi connectivity index (χ3v) is 5.02. The molecule has 1 aliphatic rings. The molecule has 0 atom stereocenters. The zero-order valence-electron chi connectivity index (χ0n) is 16.0. The molecule has 0 spiro atoms. The molecule has 0 bridgehead atoms. The van der Waals surface area contributed by atoms with Crippen LogP contribution < -0.4 is 5.56 Å². The van der Waals surface area contributed by atoms with E-state index in [1.54, 1.807) is 23.0 Å². The Morgan fingerprint density at radius 1 is 1.17 bits per heavy atom. The number of fused-ring (bicyclic) bond motifs is 1. The Balaban J connectivity index is 0.00000218. The second-order valence-corrected chi connectivity index (χ2v) is 7.36. The Morgan fingerprint density at radius 2 is 1.90 bits per heavy atom. The molecule has 1 saturated carbocycles. The van der Waals surface area contributed by atoms with Crippen LogP contribution in [0, 0.1) is 18.6 Å². The summed E-state index contributed by atoms with van der Waals surface area (Å²) in [5.41, 5.74) is 3.33. The quantitative estimate of drug-likeness (QED) is 0.529. The number of halogens is 3. The molecule has 3 heterocycles. The zero-order chi connectivity index (χ0) is 20.1. The van der Waals surface area contributed by atoms with Crippen LogP contribution in [0.3, 0.4) is 0 Å². The van der Waals surface area contributed by atoms with Gasteiger partial charge in [0.2, 0.25) is 0 Å². The number of nitrogens with zero attached hydrogens (tertiary/aromatic N) is 4. The summed E-state index contributed by atoms with van der Waals surface area (Å²) in [6.07, 6.45) is 4.06. The van der Waals surface area contributed by atoms with Gasteiger partial charge in [0.1, 0.15) is 23.0 Å². The van der Waals surface area contributed by atoms with E-state index in [9.17, 15) is 13.6 Å². The molecule has 0 radical (unpaired) electrons. The van der Waals surface area contributed by atoms with E-state index in [1.165, 1.54) is 12.1 Å². The molecule has 1 fully saturated rings. The summed E-state index contributed by atoms with van der Waals surface area (Å²) in [5.74, 6) is -0.779. The van der Waals surface area contributed by atoms with Crippen molar-refractivity contribution in [3.05, 3.63) is 75.6 Å². The Kier molecular flexibility index (Phi) is 5.11. The van der Waals surface area contributed by atoms with Crippen LogP contribution in [0.1, 0.15) is 36.0 Å². The SMILES string of the molecule is Cc1nn(C2CC2)c2c(=O)[nH]c(Cc3ccc(-c4cc(F)cc(F)c4)nc3)nc12.Cl. The van der Waals surface area contributed by atoms with Gasteiger partial charge in [0, 0.05) is 24.2 Å². The predicted molar refractivity (Wildman–Crippen MR) is 111 cm³/mol. The molecule has 1 aliphatic carbocycles. The van der Waals surface area contributed by atoms with Crippen LogP contribution in [0.2, 0.25) is 0 Å². The Morgan fingerprint density at radius 3 is 2.53 bits per heavy atom. The maximum Gasteiger partial charge on any atom is 0.277 e. The Bertz CT molecular complexity index is 1280. The fraction of sp³-hybridized carbons (Fsp3) is 0.238. The van der Waals surface area contributed by atoms with Gasteiger partial charge >= 0.3 is 0 Å². The average Bonchev–Trinajstić information content (AvgIpc) is 3.46. The van der Waals surface area contributed by atoms with E-state index in [0.29, 0.717) is 40.6 Å². The molecule has 154 valence electrons. The number of rotatable bonds is 4. The van der Waals surface area contributed by atoms with Gasteiger partial charge in [-0.2, -0.15) is 5.10 Å². The van der Waals surface area contributed by atoms with E-state index in [1.807, 2.05) is 6.92 Å². The summed E-state index contributed by atoms with van der Waals surface area (Å²) in [5, 5.41) is 4.48. The van der Waals surface area contributed by atoms with E-state index in [4.69, 9.17) is 0 Å². The van der Waals surface area contributed by atoms with Gasteiger partial charge < -0.3 is 4.98 Å². The van der Waals surface area contributed by atoms with Crippen LogP contribution in [0.5, 0.6) is 0 Å². The van der Waals surface area contributed by atoms with Gasteiger partial charge in [0.15, 0.2) is 5.52 Å². The topological polar surface area (TPSA) is 76.5 Å². The van der Waals surface area contributed by atoms with Crippen LogP contribution in [-0.2, 0) is 6.42 Å². The summed E-state index contributed by atoms with van der Waals surface area (Å²) < 4.78 is 28.6. The molecule has 30 heavy (non-hydrogen) atoms. The van der Waals surface area contributed by atoms with Crippen molar-refractivity contribution in [1.82, 2.24) is 24.7 Å². The molecule has 1 N–H and O–H groups in total. The highest BCUT2D eigenvalue weighted by Gasteiger charge is 2.28. The third-order valence-electron chi connectivity index (χ3n) is 5.02. The highest BCUT2D eigenvalue weighted by atomic mass is 35.5. The van der Waals surface area contributed by atoms with Gasteiger partial charge in [-0.05, 0) is 43.5 Å². The molecule has 0 aliphatic heterocycles. The molecule has 1 aromatic carbocycles. The average molecular weight is 430 g/mol. The van der Waals surface area contributed by atoms with E-state index < -0.39 is 11.6 Å². The van der Waals surface area contributed by atoms with Crippen molar-refractivity contribution >= 4 is 23.4 Å². The molecule has 0 unspecified atom stereocenters. The number of pyridine rings is 1.